The summed E-state index contributed by atoms with van der Waals surface area (Å²) in [6.45, 7) is 16.4. The third-order valence-corrected chi connectivity index (χ3v) is 4.29. The minimum absolute atomic E-state index is 0. The molecule has 0 spiro atoms. The second kappa shape index (κ2) is 9.57. The van der Waals surface area contributed by atoms with Crippen LogP contribution in [0.2, 0.25) is 39.3 Å². The largest absolute Gasteiger partial charge is 0.337 e. The van der Waals surface area contributed by atoms with Gasteiger partial charge in [0.05, 0.1) is 0 Å². The fraction of sp³-hybridized carbons (Fsp3) is 1.00. The Morgan fingerprint density at radius 3 is 1.13 bits per heavy atom. The van der Waals surface area contributed by atoms with E-state index in [4.69, 9.17) is 0 Å². The van der Waals surface area contributed by atoms with Gasteiger partial charge in [-0.3, -0.25) is 0 Å². The smallest absolute Gasteiger partial charge is 0.116 e. The Morgan fingerprint density at radius 1 is 0.667 bits per heavy atom. The zero-order valence-corrected chi connectivity index (χ0v) is 14.1. The van der Waals surface area contributed by atoms with Crippen LogP contribution in [-0.4, -0.2) is 67.3 Å². The maximum Gasteiger partial charge on any atom is 0.116 e. The van der Waals surface area contributed by atoms with E-state index in [1.54, 1.807) is 0 Å². The summed E-state index contributed by atoms with van der Waals surface area (Å²) >= 11 is 0. The molecule has 0 atom stereocenters. The van der Waals surface area contributed by atoms with Crippen LogP contribution in [0, 0.1) is 0 Å². The average molecular weight is 232 g/mol. The molecule has 2 radical (unpaired) electrons. The molecule has 0 fully saturated rings. The van der Waals surface area contributed by atoms with Gasteiger partial charge in [-0.05, 0) is 19.5 Å². The van der Waals surface area contributed by atoms with E-state index in [1.165, 1.54) is 19.5 Å². The van der Waals surface area contributed by atoms with Crippen LogP contribution in [0.5, 0.6) is 0 Å². The van der Waals surface area contributed by atoms with Crippen molar-refractivity contribution >= 4 is 54.2 Å². The van der Waals surface area contributed by atoms with Gasteiger partial charge in [0, 0.05) is 37.7 Å². The van der Waals surface area contributed by atoms with E-state index in [-0.39, 0.29) is 37.7 Å². The summed E-state index contributed by atoms with van der Waals surface area (Å²) in [6, 6.07) is 0. The molecular formula is C9H26Li2N2Si2. The molecule has 15 heavy (non-hydrogen) atoms. The molecule has 2 nitrogen and oxygen atoms in total. The second-order valence-corrected chi connectivity index (χ2v) is 15.4. The Hall–Kier alpha value is 1.55. The molecule has 0 rings (SSSR count). The minimum Gasteiger partial charge on any atom is -0.337 e. The number of hydrogen-bond donors (Lipinski definition) is 2. The summed E-state index contributed by atoms with van der Waals surface area (Å²) < 4.78 is 0. The Kier molecular flexibility index (Phi) is 13.9. The van der Waals surface area contributed by atoms with Crippen LogP contribution in [0.25, 0.3) is 0 Å². The number of hydrogen-bond acceptors (Lipinski definition) is 2. The summed E-state index contributed by atoms with van der Waals surface area (Å²) in [5.74, 6) is 0. The third-order valence-electron chi connectivity index (χ3n) is 1.66. The van der Waals surface area contributed by atoms with E-state index in [1.807, 2.05) is 0 Å². The molecule has 0 heterocycles. The van der Waals surface area contributed by atoms with E-state index in [0.717, 1.165) is 0 Å². The van der Waals surface area contributed by atoms with Crippen LogP contribution in [0.15, 0.2) is 0 Å². The normalized spacial score (nSPS) is 11.6. The van der Waals surface area contributed by atoms with Gasteiger partial charge in [-0.25, -0.2) is 0 Å². The van der Waals surface area contributed by atoms with Gasteiger partial charge in [0.1, 0.15) is 16.5 Å². The average Bonchev–Trinajstić information content (AvgIpc) is 1.81. The summed E-state index contributed by atoms with van der Waals surface area (Å²) in [6.07, 6.45) is 1.26. The standard InChI is InChI=1S/C9H26N2Si2.2Li/c1-12(2,3)10-8-7-9-11-13(4,5)6;;/h10-11H,7-9H2,1-6H3;;. The van der Waals surface area contributed by atoms with Crippen LogP contribution >= 0.6 is 0 Å². The predicted octanol–water partition coefficient (Wildman–Crippen LogP) is 1.46. The topological polar surface area (TPSA) is 24.1 Å². The summed E-state index contributed by atoms with van der Waals surface area (Å²) in [4.78, 5) is 7.24. The molecule has 6 heteroatoms. The molecule has 0 aromatic carbocycles. The Morgan fingerprint density at radius 2 is 0.933 bits per heavy atom. The van der Waals surface area contributed by atoms with Gasteiger partial charge in [-0.1, -0.05) is 39.3 Å². The first-order valence-corrected chi connectivity index (χ1v) is 12.2. The van der Waals surface area contributed by atoms with E-state index in [2.05, 4.69) is 49.2 Å². The molecule has 0 saturated carbocycles. The molecule has 0 amide bonds. The molecule has 0 unspecified atom stereocenters. The molecule has 82 valence electrons. The van der Waals surface area contributed by atoms with E-state index in [0.29, 0.717) is 0 Å². The molecule has 0 aliphatic carbocycles. The summed E-state index contributed by atoms with van der Waals surface area (Å²) in [5.41, 5.74) is 0. The molecule has 0 aliphatic heterocycles. The van der Waals surface area contributed by atoms with E-state index in [9.17, 15) is 0 Å². The fourth-order valence-electron chi connectivity index (χ4n) is 1.02. The summed E-state index contributed by atoms with van der Waals surface area (Å²) in [7, 11) is -2.04. The SMILES string of the molecule is C[Si](C)(C)NCCCN[Si](C)(C)C.[Li].[Li]. The van der Waals surface area contributed by atoms with Gasteiger partial charge >= 0.3 is 0 Å². The monoisotopic (exact) mass is 232 g/mol. The van der Waals surface area contributed by atoms with Crippen molar-refractivity contribution in [2.75, 3.05) is 13.1 Å². The zero-order valence-electron chi connectivity index (χ0n) is 12.1. The van der Waals surface area contributed by atoms with Crippen molar-refractivity contribution in [1.29, 1.82) is 0 Å². The van der Waals surface area contributed by atoms with Crippen LogP contribution < -0.4 is 9.96 Å². The minimum atomic E-state index is -1.02. The van der Waals surface area contributed by atoms with Crippen LogP contribution in [0.1, 0.15) is 6.42 Å². The van der Waals surface area contributed by atoms with E-state index < -0.39 is 16.5 Å². The fourth-order valence-corrected chi connectivity index (χ4v) is 2.87. The molecule has 0 saturated heterocycles. The van der Waals surface area contributed by atoms with Crippen LogP contribution in [0.4, 0.5) is 0 Å². The Balaban J connectivity index is -0.000000720. The zero-order chi connectivity index (χ0) is 10.5. The first kappa shape index (κ1) is 21.8. The first-order chi connectivity index (χ1) is 5.71. The second-order valence-electron chi connectivity index (χ2n) is 5.71. The van der Waals surface area contributed by atoms with Gasteiger partial charge in [0.2, 0.25) is 0 Å². The van der Waals surface area contributed by atoms with Crippen molar-refractivity contribution in [2.24, 2.45) is 0 Å². The molecule has 0 bridgehead atoms. The maximum atomic E-state index is 3.62. The van der Waals surface area contributed by atoms with Gasteiger partial charge < -0.3 is 9.96 Å². The van der Waals surface area contributed by atoms with Gasteiger partial charge in [0.25, 0.3) is 0 Å². The maximum absolute atomic E-state index is 3.62. The number of nitrogens with one attached hydrogen (secondary N) is 2. The Bertz CT molecular complexity index is 128. The number of rotatable bonds is 6. The van der Waals surface area contributed by atoms with Gasteiger partial charge in [0.15, 0.2) is 0 Å². The predicted molar refractivity (Wildman–Crippen MR) is 78.8 cm³/mol. The van der Waals surface area contributed by atoms with Crippen molar-refractivity contribution in [3.05, 3.63) is 0 Å². The van der Waals surface area contributed by atoms with Crippen molar-refractivity contribution < 1.29 is 0 Å². The van der Waals surface area contributed by atoms with Crippen molar-refractivity contribution in [3.8, 4) is 0 Å². The van der Waals surface area contributed by atoms with Gasteiger partial charge in [-0.2, -0.15) is 0 Å². The van der Waals surface area contributed by atoms with Crippen molar-refractivity contribution in [3.63, 3.8) is 0 Å². The van der Waals surface area contributed by atoms with E-state index >= 15 is 0 Å². The quantitative estimate of drug-likeness (QED) is 0.535. The van der Waals surface area contributed by atoms with Crippen LogP contribution in [0.3, 0.4) is 0 Å². The summed E-state index contributed by atoms with van der Waals surface area (Å²) in [5, 5.41) is 0. The van der Waals surface area contributed by atoms with Gasteiger partial charge in [-0.15, -0.1) is 0 Å². The third kappa shape index (κ3) is 21.4. The molecular weight excluding hydrogens is 206 g/mol. The molecule has 0 aromatic rings. The van der Waals surface area contributed by atoms with Crippen molar-refractivity contribution in [2.45, 2.75) is 45.7 Å². The molecule has 0 aromatic heterocycles. The first-order valence-electron chi connectivity index (χ1n) is 5.21. The Labute approximate surface area is 122 Å². The molecule has 0 aliphatic rings. The molecule has 2 N–H and O–H groups in total. The van der Waals surface area contributed by atoms with Crippen molar-refractivity contribution in [1.82, 2.24) is 9.96 Å². The van der Waals surface area contributed by atoms with Crippen LogP contribution in [-0.2, 0) is 0 Å².